The number of halogens is 1. The first-order valence-electron chi connectivity index (χ1n) is 7.39. The van der Waals surface area contributed by atoms with Crippen LogP contribution in [-0.2, 0) is 0 Å². The lowest BCUT2D eigenvalue weighted by Crippen LogP contribution is -2.38. The second kappa shape index (κ2) is 5.72. The molecule has 2 unspecified atom stereocenters. The van der Waals surface area contributed by atoms with Gasteiger partial charge in [-0.15, -0.1) is 0 Å². The third kappa shape index (κ3) is 2.55. The number of aromatic nitrogens is 1. The summed E-state index contributed by atoms with van der Waals surface area (Å²) in [5.74, 6) is 1.56. The van der Waals surface area contributed by atoms with Crippen LogP contribution in [0.4, 0.5) is 5.82 Å². The van der Waals surface area contributed by atoms with Crippen LogP contribution in [0.25, 0.3) is 0 Å². The maximum Gasteiger partial charge on any atom is 0.257 e. The van der Waals surface area contributed by atoms with E-state index >= 15 is 0 Å². The maximum atomic E-state index is 12.8. The number of pyridine rings is 1. The Morgan fingerprint density at radius 2 is 2.40 bits per heavy atom. The number of hydrogen-bond acceptors (Lipinski definition) is 3. The summed E-state index contributed by atoms with van der Waals surface area (Å²) in [4.78, 5) is 19.2. The summed E-state index contributed by atoms with van der Waals surface area (Å²) in [5, 5.41) is 3.26. The number of nitrogens with zero attached hydrogens (tertiary/aromatic N) is 2. The number of rotatable bonds is 4. The number of piperidine rings is 1. The summed E-state index contributed by atoms with van der Waals surface area (Å²) in [5.41, 5.74) is 0.695. The Morgan fingerprint density at radius 3 is 3.05 bits per heavy atom. The van der Waals surface area contributed by atoms with Gasteiger partial charge >= 0.3 is 0 Å². The van der Waals surface area contributed by atoms with E-state index < -0.39 is 0 Å². The van der Waals surface area contributed by atoms with Gasteiger partial charge in [0.2, 0.25) is 0 Å². The van der Waals surface area contributed by atoms with Crippen LogP contribution in [-0.4, -0.2) is 34.9 Å². The van der Waals surface area contributed by atoms with Gasteiger partial charge in [0.1, 0.15) is 5.82 Å². The van der Waals surface area contributed by atoms with E-state index in [1.807, 2.05) is 6.07 Å². The molecule has 2 fully saturated rings. The van der Waals surface area contributed by atoms with Crippen molar-refractivity contribution < 1.29 is 4.79 Å². The summed E-state index contributed by atoms with van der Waals surface area (Å²) in [7, 11) is 0. The molecule has 1 aromatic rings. The fourth-order valence-electron chi connectivity index (χ4n) is 3.31. The van der Waals surface area contributed by atoms with Crippen LogP contribution >= 0.6 is 15.9 Å². The lowest BCUT2D eigenvalue weighted by Gasteiger charge is -2.27. The van der Waals surface area contributed by atoms with Gasteiger partial charge in [-0.1, -0.05) is 6.92 Å². The van der Waals surface area contributed by atoms with E-state index in [0.717, 1.165) is 36.3 Å². The normalized spacial score (nSPS) is 24.2. The first kappa shape index (κ1) is 13.9. The maximum absolute atomic E-state index is 12.8. The first-order valence-corrected chi connectivity index (χ1v) is 8.18. The molecule has 3 rings (SSSR count). The number of amides is 1. The van der Waals surface area contributed by atoms with E-state index in [4.69, 9.17) is 0 Å². The zero-order valence-electron chi connectivity index (χ0n) is 11.7. The summed E-state index contributed by atoms with van der Waals surface area (Å²) in [6, 6.07) is 2.34. The van der Waals surface area contributed by atoms with Crippen molar-refractivity contribution in [3.05, 3.63) is 22.3 Å². The van der Waals surface area contributed by atoms with Crippen molar-refractivity contribution in [2.45, 2.75) is 38.6 Å². The molecule has 4 nitrogen and oxygen atoms in total. The van der Waals surface area contributed by atoms with Gasteiger partial charge < -0.3 is 10.2 Å². The Kier molecular flexibility index (Phi) is 3.96. The van der Waals surface area contributed by atoms with E-state index in [-0.39, 0.29) is 5.91 Å². The van der Waals surface area contributed by atoms with Crippen LogP contribution in [0.5, 0.6) is 0 Å². The molecule has 2 bridgehead atoms. The van der Waals surface area contributed by atoms with E-state index in [1.165, 1.54) is 12.8 Å². The molecule has 2 atom stereocenters. The summed E-state index contributed by atoms with van der Waals surface area (Å²) < 4.78 is 0.854. The molecule has 1 saturated carbocycles. The van der Waals surface area contributed by atoms with Crippen LogP contribution in [0, 0.1) is 5.92 Å². The number of anilines is 1. The fourth-order valence-corrected chi connectivity index (χ4v) is 3.65. The molecule has 108 valence electrons. The van der Waals surface area contributed by atoms with Gasteiger partial charge in [-0.05, 0) is 53.6 Å². The third-order valence-corrected chi connectivity index (χ3v) is 4.73. The highest BCUT2D eigenvalue weighted by Gasteiger charge is 2.41. The van der Waals surface area contributed by atoms with Gasteiger partial charge in [-0.3, -0.25) is 4.79 Å². The van der Waals surface area contributed by atoms with E-state index in [2.05, 4.69) is 38.1 Å². The van der Waals surface area contributed by atoms with Crippen LogP contribution < -0.4 is 5.32 Å². The van der Waals surface area contributed by atoms with Crippen molar-refractivity contribution in [2.75, 3.05) is 18.4 Å². The number of fused-ring (bicyclic) bond motifs is 2. The molecule has 0 spiro atoms. The van der Waals surface area contributed by atoms with Crippen molar-refractivity contribution in [1.29, 1.82) is 0 Å². The molecule has 0 aromatic carbocycles. The minimum atomic E-state index is 0.129. The van der Waals surface area contributed by atoms with E-state index in [0.29, 0.717) is 17.4 Å². The van der Waals surface area contributed by atoms with Gasteiger partial charge in [-0.25, -0.2) is 4.98 Å². The Hall–Kier alpha value is -1.10. The standard InChI is InChI=1S/C15H20BrN3O/c1-2-5-17-14-13(7-11(16)8-18-14)15(20)19-9-10-3-4-12(19)6-10/h7-8,10,12H,2-6,9H2,1H3,(H,17,18). The number of carbonyl (C=O) groups is 1. The smallest absolute Gasteiger partial charge is 0.257 e. The van der Waals surface area contributed by atoms with Gasteiger partial charge in [0.15, 0.2) is 0 Å². The van der Waals surface area contributed by atoms with Crippen molar-refractivity contribution >= 4 is 27.7 Å². The summed E-state index contributed by atoms with van der Waals surface area (Å²) in [6.45, 7) is 3.86. The van der Waals surface area contributed by atoms with Crippen LogP contribution in [0.2, 0.25) is 0 Å². The Morgan fingerprint density at radius 1 is 1.55 bits per heavy atom. The largest absolute Gasteiger partial charge is 0.369 e. The molecular formula is C15H20BrN3O. The lowest BCUT2D eigenvalue weighted by molar-refractivity contribution is 0.0704. The minimum Gasteiger partial charge on any atom is -0.369 e. The molecule has 1 N–H and O–H groups in total. The lowest BCUT2D eigenvalue weighted by atomic mass is 10.1. The monoisotopic (exact) mass is 337 g/mol. The summed E-state index contributed by atoms with van der Waals surface area (Å²) >= 11 is 3.42. The quantitative estimate of drug-likeness (QED) is 0.916. The fraction of sp³-hybridized carbons (Fsp3) is 0.600. The van der Waals surface area contributed by atoms with Gasteiger partial charge in [-0.2, -0.15) is 0 Å². The molecule has 20 heavy (non-hydrogen) atoms. The average Bonchev–Trinajstić information content (AvgIpc) is 3.08. The molecule has 1 aromatic heterocycles. The molecule has 1 amide bonds. The predicted octanol–water partition coefficient (Wildman–Crippen LogP) is 3.29. The van der Waals surface area contributed by atoms with E-state index in [9.17, 15) is 4.79 Å². The SMILES string of the molecule is CCCNc1ncc(Br)cc1C(=O)N1CC2CCC1C2. The predicted molar refractivity (Wildman–Crippen MR) is 82.9 cm³/mol. The summed E-state index contributed by atoms with van der Waals surface area (Å²) in [6.07, 6.45) is 6.39. The third-order valence-electron chi connectivity index (χ3n) is 4.30. The molecule has 0 radical (unpaired) electrons. The Balaban J connectivity index is 1.84. The Labute approximate surface area is 128 Å². The van der Waals surface area contributed by atoms with Crippen LogP contribution in [0.15, 0.2) is 16.7 Å². The molecule has 1 aliphatic carbocycles. The second-order valence-corrected chi connectivity index (χ2v) is 6.68. The number of carbonyl (C=O) groups excluding carboxylic acids is 1. The van der Waals surface area contributed by atoms with Crippen LogP contribution in [0.1, 0.15) is 43.0 Å². The molecule has 5 heteroatoms. The zero-order valence-corrected chi connectivity index (χ0v) is 13.3. The highest BCUT2D eigenvalue weighted by molar-refractivity contribution is 9.10. The minimum absolute atomic E-state index is 0.129. The highest BCUT2D eigenvalue weighted by Crippen LogP contribution is 2.38. The average molecular weight is 338 g/mol. The van der Waals surface area contributed by atoms with Gasteiger partial charge in [0.25, 0.3) is 5.91 Å². The number of likely N-dealkylation sites (tertiary alicyclic amines) is 1. The van der Waals surface area contributed by atoms with Crippen molar-refractivity contribution in [1.82, 2.24) is 9.88 Å². The number of hydrogen-bond donors (Lipinski definition) is 1. The highest BCUT2D eigenvalue weighted by atomic mass is 79.9. The van der Waals surface area contributed by atoms with Crippen molar-refractivity contribution in [2.24, 2.45) is 5.92 Å². The van der Waals surface area contributed by atoms with Crippen molar-refractivity contribution in [3.63, 3.8) is 0 Å². The van der Waals surface area contributed by atoms with Crippen LogP contribution in [0.3, 0.4) is 0 Å². The second-order valence-electron chi connectivity index (χ2n) is 5.77. The number of nitrogens with one attached hydrogen (secondary N) is 1. The Bertz CT molecular complexity index is 520. The molecule has 1 aliphatic heterocycles. The molecule has 2 heterocycles. The molecule has 2 aliphatic rings. The topological polar surface area (TPSA) is 45.2 Å². The van der Waals surface area contributed by atoms with Gasteiger partial charge in [0, 0.05) is 29.8 Å². The zero-order chi connectivity index (χ0) is 14.1. The molecule has 1 saturated heterocycles. The molecular weight excluding hydrogens is 318 g/mol. The van der Waals surface area contributed by atoms with E-state index in [1.54, 1.807) is 6.20 Å². The first-order chi connectivity index (χ1) is 9.69. The van der Waals surface area contributed by atoms with Gasteiger partial charge in [0.05, 0.1) is 5.56 Å². The van der Waals surface area contributed by atoms with Crippen molar-refractivity contribution in [3.8, 4) is 0 Å².